The zero-order valence-corrected chi connectivity index (χ0v) is 18.2. The third-order valence-corrected chi connectivity index (χ3v) is 3.31. The number of nitrogens with two attached hydrogens (primary N) is 1. The van der Waals surface area contributed by atoms with Crippen LogP contribution in [0.5, 0.6) is 0 Å². The van der Waals surface area contributed by atoms with Gasteiger partial charge in [0, 0.05) is 16.7 Å². The van der Waals surface area contributed by atoms with E-state index in [4.69, 9.17) is 29.0 Å². The average molecular weight is 474 g/mol. The summed E-state index contributed by atoms with van der Waals surface area (Å²) in [6.07, 6.45) is -4.38. The number of benzene rings is 2. The summed E-state index contributed by atoms with van der Waals surface area (Å²) in [5.41, 5.74) is 2.47. The van der Waals surface area contributed by atoms with E-state index in [0.717, 1.165) is 24.3 Å². The van der Waals surface area contributed by atoms with Crippen LogP contribution in [0.25, 0.3) is 0 Å². The van der Waals surface area contributed by atoms with E-state index in [1.807, 2.05) is 26.8 Å². The van der Waals surface area contributed by atoms with Gasteiger partial charge < -0.3 is 0 Å². The van der Waals surface area contributed by atoms with Crippen molar-refractivity contribution >= 4 is 46.1 Å². The molecule has 0 atom stereocenters. The number of carbonyl (C=O) groups excluding carboxylic acids is 2. The second-order valence-corrected chi connectivity index (χ2v) is 7.07. The van der Waals surface area contributed by atoms with Crippen molar-refractivity contribution in [3.8, 4) is 0 Å². The summed E-state index contributed by atoms with van der Waals surface area (Å²) in [7, 11) is 0. The predicted molar refractivity (Wildman–Crippen MR) is 113 cm³/mol. The summed E-state index contributed by atoms with van der Waals surface area (Å²) in [4.78, 5) is 20.9. The van der Waals surface area contributed by atoms with Gasteiger partial charge in [0.05, 0.1) is 5.56 Å². The molecule has 162 valence electrons. The molecule has 2 aromatic rings. The molecule has 0 aliphatic heterocycles. The Labute approximate surface area is 183 Å². The first kappa shape index (κ1) is 29.6. The molecule has 0 aromatic heterocycles. The molecule has 0 spiro atoms. The maximum atomic E-state index is 12.0. The van der Waals surface area contributed by atoms with Gasteiger partial charge in [0.15, 0.2) is 0 Å². The van der Waals surface area contributed by atoms with Crippen LogP contribution >= 0.6 is 35.6 Å². The molecule has 0 aliphatic rings. The van der Waals surface area contributed by atoms with Crippen LogP contribution in [0, 0.1) is 0 Å². The Balaban J connectivity index is 0. The lowest BCUT2D eigenvalue weighted by Gasteiger charge is -2.14. The molecular formula is C19H22Cl3F3N2O2. The van der Waals surface area contributed by atoms with Gasteiger partial charge in [-0.25, -0.2) is 0 Å². The standard InChI is InChI=1S/C8H4ClF3O.C7H5ClO.C4H12N2.ClH/c9-7(13)5-1-3-6(4-2-5)8(10,11)12;8-7(9)6-4-2-1-3-5-6;1-4(2,3)6-5;/h1-4H;1-5H;6H,5H2,1-3H3;1H. The normalized spacial score (nSPS) is 10.4. The maximum absolute atomic E-state index is 12.0. The highest BCUT2D eigenvalue weighted by molar-refractivity contribution is 6.68. The highest BCUT2D eigenvalue weighted by Crippen LogP contribution is 2.29. The highest BCUT2D eigenvalue weighted by Gasteiger charge is 2.30. The third kappa shape index (κ3) is 14.1. The number of nitrogens with one attached hydrogen (secondary N) is 1. The summed E-state index contributed by atoms with van der Waals surface area (Å²) in [6, 6.07) is 12.4. The van der Waals surface area contributed by atoms with Crippen LogP contribution in [0.2, 0.25) is 0 Å². The van der Waals surface area contributed by atoms with Gasteiger partial charge in [0.25, 0.3) is 10.5 Å². The topological polar surface area (TPSA) is 72.2 Å². The summed E-state index contributed by atoms with van der Waals surface area (Å²) >= 11 is 10.2. The summed E-state index contributed by atoms with van der Waals surface area (Å²) in [5.74, 6) is 5.06. The number of hydrogen-bond donors (Lipinski definition) is 2. The van der Waals surface area contributed by atoms with Gasteiger partial charge in [0.1, 0.15) is 0 Å². The van der Waals surface area contributed by atoms with E-state index in [0.29, 0.717) is 5.56 Å². The molecule has 29 heavy (non-hydrogen) atoms. The van der Waals surface area contributed by atoms with Crippen molar-refractivity contribution in [2.75, 3.05) is 0 Å². The SMILES string of the molecule is CC(C)(C)NN.Cl.O=C(Cl)c1ccc(C(F)(F)F)cc1.O=C(Cl)c1ccccc1. The van der Waals surface area contributed by atoms with Crippen LogP contribution in [0.15, 0.2) is 54.6 Å². The molecule has 0 radical (unpaired) electrons. The molecule has 4 nitrogen and oxygen atoms in total. The fourth-order valence-corrected chi connectivity index (χ4v) is 1.61. The summed E-state index contributed by atoms with van der Waals surface area (Å²) in [6.45, 7) is 6.02. The molecule has 0 aliphatic carbocycles. The van der Waals surface area contributed by atoms with E-state index in [-0.39, 0.29) is 23.5 Å². The van der Waals surface area contributed by atoms with Gasteiger partial charge in [-0.3, -0.25) is 20.9 Å². The van der Waals surface area contributed by atoms with Gasteiger partial charge in [-0.15, -0.1) is 12.4 Å². The van der Waals surface area contributed by atoms with Gasteiger partial charge in [-0.05, 0) is 68.2 Å². The highest BCUT2D eigenvalue weighted by atomic mass is 35.5. The van der Waals surface area contributed by atoms with Crippen LogP contribution in [-0.4, -0.2) is 16.0 Å². The minimum atomic E-state index is -4.38. The lowest BCUT2D eigenvalue weighted by molar-refractivity contribution is -0.137. The molecule has 0 bridgehead atoms. The fourth-order valence-electron chi connectivity index (χ4n) is 1.36. The minimum absolute atomic E-state index is 0. The van der Waals surface area contributed by atoms with E-state index >= 15 is 0 Å². The maximum Gasteiger partial charge on any atom is 0.416 e. The predicted octanol–water partition coefficient (Wildman–Crippen LogP) is 5.82. The number of rotatable bonds is 2. The van der Waals surface area contributed by atoms with E-state index in [2.05, 4.69) is 5.43 Å². The number of carbonyl (C=O) groups is 2. The van der Waals surface area contributed by atoms with Crippen LogP contribution < -0.4 is 11.3 Å². The molecule has 0 saturated carbocycles. The Morgan fingerprint density at radius 2 is 1.17 bits per heavy atom. The van der Waals surface area contributed by atoms with Gasteiger partial charge in [0.2, 0.25) is 0 Å². The van der Waals surface area contributed by atoms with E-state index < -0.39 is 22.2 Å². The first-order chi connectivity index (χ1) is 12.8. The van der Waals surface area contributed by atoms with E-state index in [1.165, 1.54) is 0 Å². The second-order valence-electron chi connectivity index (χ2n) is 6.38. The van der Waals surface area contributed by atoms with Crippen molar-refractivity contribution in [1.82, 2.24) is 5.43 Å². The largest absolute Gasteiger partial charge is 0.416 e. The lowest BCUT2D eigenvalue weighted by Crippen LogP contribution is -2.41. The summed E-state index contributed by atoms with van der Waals surface area (Å²) in [5, 5.41) is -1.18. The fraction of sp³-hybridized carbons (Fsp3) is 0.263. The number of alkyl halides is 3. The Kier molecular flexibility index (Phi) is 13.8. The second kappa shape index (κ2) is 13.6. The minimum Gasteiger partial charge on any atom is -0.276 e. The quantitative estimate of drug-likeness (QED) is 0.327. The zero-order chi connectivity index (χ0) is 22.0. The van der Waals surface area contributed by atoms with Crippen molar-refractivity contribution in [3.63, 3.8) is 0 Å². The Bertz CT molecular complexity index is 748. The zero-order valence-electron chi connectivity index (χ0n) is 15.9. The Morgan fingerprint density at radius 3 is 1.41 bits per heavy atom. The van der Waals surface area contributed by atoms with Crippen molar-refractivity contribution in [3.05, 3.63) is 71.3 Å². The Hall–Kier alpha value is -1.64. The molecule has 3 N–H and O–H groups in total. The molecule has 0 heterocycles. The molecule has 0 fully saturated rings. The lowest BCUT2D eigenvalue weighted by atomic mass is 10.1. The molecule has 2 rings (SSSR count). The molecule has 10 heteroatoms. The Morgan fingerprint density at radius 1 is 0.828 bits per heavy atom. The number of hydrogen-bond acceptors (Lipinski definition) is 4. The molecule has 2 aromatic carbocycles. The van der Waals surface area contributed by atoms with Crippen molar-refractivity contribution in [1.29, 1.82) is 0 Å². The first-order valence-corrected chi connectivity index (χ1v) is 8.63. The number of hydrazine groups is 1. The average Bonchev–Trinajstić information content (AvgIpc) is 2.62. The van der Waals surface area contributed by atoms with Crippen molar-refractivity contribution in [2.45, 2.75) is 32.5 Å². The molecule has 0 amide bonds. The van der Waals surface area contributed by atoms with Crippen LogP contribution in [0.4, 0.5) is 13.2 Å². The third-order valence-electron chi connectivity index (χ3n) is 2.87. The molecule has 0 saturated heterocycles. The smallest absolute Gasteiger partial charge is 0.276 e. The van der Waals surface area contributed by atoms with Crippen molar-refractivity contribution in [2.24, 2.45) is 5.84 Å². The van der Waals surface area contributed by atoms with Crippen LogP contribution in [0.3, 0.4) is 0 Å². The van der Waals surface area contributed by atoms with Crippen LogP contribution in [-0.2, 0) is 6.18 Å². The van der Waals surface area contributed by atoms with Gasteiger partial charge >= 0.3 is 6.18 Å². The summed E-state index contributed by atoms with van der Waals surface area (Å²) < 4.78 is 36.0. The molecular weight excluding hydrogens is 452 g/mol. The van der Waals surface area contributed by atoms with Gasteiger partial charge in [-0.2, -0.15) is 13.2 Å². The van der Waals surface area contributed by atoms with Gasteiger partial charge in [-0.1, -0.05) is 30.3 Å². The number of halogens is 6. The molecule has 0 unspecified atom stereocenters. The van der Waals surface area contributed by atoms with E-state index in [1.54, 1.807) is 24.3 Å². The first-order valence-electron chi connectivity index (χ1n) is 7.87. The van der Waals surface area contributed by atoms with Crippen LogP contribution in [0.1, 0.15) is 47.1 Å². The van der Waals surface area contributed by atoms with E-state index in [9.17, 15) is 22.8 Å². The van der Waals surface area contributed by atoms with Crippen molar-refractivity contribution < 1.29 is 22.8 Å². The monoisotopic (exact) mass is 472 g/mol.